The second kappa shape index (κ2) is 2.87. The van der Waals surface area contributed by atoms with Crippen molar-refractivity contribution >= 4 is 5.91 Å². The highest BCUT2D eigenvalue weighted by molar-refractivity contribution is 5.79. The molecule has 0 fully saturated rings. The summed E-state index contributed by atoms with van der Waals surface area (Å²) in [4.78, 5) is 18.7. The minimum Gasteiger partial charge on any atom is -0.350 e. The van der Waals surface area contributed by atoms with Crippen LogP contribution >= 0.6 is 0 Å². The number of hydrogen-bond acceptors (Lipinski definition) is 2. The van der Waals surface area contributed by atoms with Crippen LogP contribution in [0.4, 0.5) is 0 Å². The van der Waals surface area contributed by atoms with Gasteiger partial charge >= 0.3 is 0 Å². The molecule has 2 rings (SSSR count). The summed E-state index contributed by atoms with van der Waals surface area (Å²) >= 11 is 0. The van der Waals surface area contributed by atoms with Crippen molar-refractivity contribution in [2.24, 2.45) is 0 Å². The number of rotatable bonds is 1. The third-order valence-electron chi connectivity index (χ3n) is 2.22. The van der Waals surface area contributed by atoms with Crippen LogP contribution in [-0.2, 0) is 17.8 Å². The van der Waals surface area contributed by atoms with Crippen molar-refractivity contribution in [2.75, 3.05) is 0 Å². The van der Waals surface area contributed by atoms with E-state index in [0.717, 1.165) is 17.2 Å². The standard InChI is InChI=1S/C9H13N3O/c1-5(2)9-11-6-3-8(13)10-4-7(6)12-9/h5H,3-4H2,1-2H3,(H,10,13)(H,11,12). The Bertz CT molecular complexity index is 341. The molecular weight excluding hydrogens is 166 g/mol. The van der Waals surface area contributed by atoms with Gasteiger partial charge in [0.05, 0.1) is 24.4 Å². The molecule has 0 saturated carbocycles. The van der Waals surface area contributed by atoms with Crippen molar-refractivity contribution in [1.82, 2.24) is 15.3 Å². The first-order valence-corrected chi connectivity index (χ1v) is 4.51. The molecule has 4 heteroatoms. The topological polar surface area (TPSA) is 57.8 Å². The molecule has 1 aromatic heterocycles. The van der Waals surface area contributed by atoms with Gasteiger partial charge in [-0.3, -0.25) is 4.79 Å². The molecule has 1 aromatic rings. The number of H-pyrrole nitrogens is 1. The minimum atomic E-state index is 0.0642. The Morgan fingerprint density at radius 2 is 2.23 bits per heavy atom. The minimum absolute atomic E-state index is 0.0642. The molecule has 4 nitrogen and oxygen atoms in total. The lowest BCUT2D eigenvalue weighted by molar-refractivity contribution is -0.121. The molecule has 0 bridgehead atoms. The van der Waals surface area contributed by atoms with Crippen LogP contribution in [0.3, 0.4) is 0 Å². The molecule has 0 aliphatic carbocycles. The molecule has 0 atom stereocenters. The largest absolute Gasteiger partial charge is 0.350 e. The van der Waals surface area contributed by atoms with E-state index in [0.29, 0.717) is 18.9 Å². The summed E-state index contributed by atoms with van der Waals surface area (Å²) in [6.07, 6.45) is 0.415. The lowest BCUT2D eigenvalue weighted by atomic mass is 10.2. The zero-order chi connectivity index (χ0) is 9.42. The van der Waals surface area contributed by atoms with Crippen molar-refractivity contribution in [3.8, 4) is 0 Å². The number of nitrogens with zero attached hydrogens (tertiary/aromatic N) is 1. The van der Waals surface area contributed by atoms with E-state index in [2.05, 4.69) is 29.1 Å². The lowest BCUT2D eigenvalue weighted by Gasteiger charge is -2.09. The van der Waals surface area contributed by atoms with Crippen LogP contribution in [0.15, 0.2) is 0 Å². The molecular formula is C9H13N3O. The van der Waals surface area contributed by atoms with Crippen LogP contribution in [0, 0.1) is 0 Å². The number of carbonyl (C=O) groups is 1. The van der Waals surface area contributed by atoms with Gasteiger partial charge in [-0.15, -0.1) is 0 Å². The fourth-order valence-corrected chi connectivity index (χ4v) is 1.44. The third kappa shape index (κ3) is 1.43. The van der Waals surface area contributed by atoms with Gasteiger partial charge in [-0.2, -0.15) is 0 Å². The zero-order valence-corrected chi connectivity index (χ0v) is 7.85. The number of nitrogens with one attached hydrogen (secondary N) is 2. The van der Waals surface area contributed by atoms with Crippen molar-refractivity contribution < 1.29 is 4.79 Å². The Morgan fingerprint density at radius 1 is 1.46 bits per heavy atom. The second-order valence-electron chi connectivity index (χ2n) is 3.66. The Labute approximate surface area is 76.8 Å². The fraction of sp³-hybridized carbons (Fsp3) is 0.556. The van der Waals surface area contributed by atoms with E-state index in [1.807, 2.05) is 0 Å². The molecule has 0 aromatic carbocycles. The number of carbonyl (C=O) groups excluding carboxylic acids is 1. The van der Waals surface area contributed by atoms with E-state index in [-0.39, 0.29) is 5.91 Å². The van der Waals surface area contributed by atoms with Gasteiger partial charge in [-0.25, -0.2) is 4.98 Å². The van der Waals surface area contributed by atoms with E-state index < -0.39 is 0 Å². The molecule has 2 heterocycles. The van der Waals surface area contributed by atoms with Crippen LogP contribution < -0.4 is 5.32 Å². The SMILES string of the molecule is CC(C)c1nc2c([nH]1)CNC(=O)C2. The van der Waals surface area contributed by atoms with Gasteiger partial charge in [0.15, 0.2) is 0 Å². The van der Waals surface area contributed by atoms with Gasteiger partial charge in [0.2, 0.25) is 5.91 Å². The quantitative estimate of drug-likeness (QED) is 0.667. The number of aromatic amines is 1. The van der Waals surface area contributed by atoms with E-state index in [1.54, 1.807) is 0 Å². The maximum Gasteiger partial charge on any atom is 0.226 e. The molecule has 0 unspecified atom stereocenters. The Balaban J connectivity index is 2.33. The van der Waals surface area contributed by atoms with Crippen LogP contribution in [0.5, 0.6) is 0 Å². The number of imidazole rings is 1. The van der Waals surface area contributed by atoms with E-state index in [1.165, 1.54) is 0 Å². The molecule has 13 heavy (non-hydrogen) atoms. The van der Waals surface area contributed by atoms with Gasteiger partial charge in [0.1, 0.15) is 5.82 Å². The summed E-state index contributed by atoms with van der Waals surface area (Å²) < 4.78 is 0. The van der Waals surface area contributed by atoms with Crippen LogP contribution in [0.2, 0.25) is 0 Å². The van der Waals surface area contributed by atoms with Gasteiger partial charge in [0, 0.05) is 5.92 Å². The Kier molecular flexibility index (Phi) is 1.83. The average Bonchev–Trinajstić information content (AvgIpc) is 2.46. The first kappa shape index (κ1) is 8.29. The summed E-state index contributed by atoms with van der Waals surface area (Å²) in [5, 5.41) is 2.78. The van der Waals surface area contributed by atoms with Crippen molar-refractivity contribution in [3.05, 3.63) is 17.2 Å². The molecule has 1 aliphatic rings. The predicted molar refractivity (Wildman–Crippen MR) is 48.2 cm³/mol. The highest BCUT2D eigenvalue weighted by Crippen LogP contribution is 2.16. The molecule has 2 N–H and O–H groups in total. The summed E-state index contributed by atoms with van der Waals surface area (Å²) in [5.74, 6) is 1.43. The number of aromatic nitrogens is 2. The molecule has 0 saturated heterocycles. The van der Waals surface area contributed by atoms with Gasteiger partial charge in [-0.1, -0.05) is 13.8 Å². The van der Waals surface area contributed by atoms with Gasteiger partial charge in [0.25, 0.3) is 0 Å². The Hall–Kier alpha value is -1.32. The van der Waals surface area contributed by atoms with Crippen LogP contribution in [0.1, 0.15) is 37.0 Å². The maximum absolute atomic E-state index is 11.0. The van der Waals surface area contributed by atoms with Crippen molar-refractivity contribution in [2.45, 2.75) is 32.7 Å². The summed E-state index contributed by atoms with van der Waals surface area (Å²) in [6.45, 7) is 4.76. The zero-order valence-electron chi connectivity index (χ0n) is 7.85. The summed E-state index contributed by atoms with van der Waals surface area (Å²) in [7, 11) is 0. The lowest BCUT2D eigenvalue weighted by Crippen LogP contribution is -2.30. The monoisotopic (exact) mass is 179 g/mol. The first-order valence-electron chi connectivity index (χ1n) is 4.51. The number of amides is 1. The summed E-state index contributed by atoms with van der Waals surface area (Å²) in [5.41, 5.74) is 1.97. The van der Waals surface area contributed by atoms with Crippen LogP contribution in [-0.4, -0.2) is 15.9 Å². The molecule has 1 aliphatic heterocycles. The summed E-state index contributed by atoms with van der Waals surface area (Å²) in [6, 6.07) is 0. The highest BCUT2D eigenvalue weighted by atomic mass is 16.1. The third-order valence-corrected chi connectivity index (χ3v) is 2.22. The van der Waals surface area contributed by atoms with E-state index >= 15 is 0 Å². The van der Waals surface area contributed by atoms with Gasteiger partial charge in [-0.05, 0) is 0 Å². The predicted octanol–water partition coefficient (Wildman–Crippen LogP) is 0.705. The average molecular weight is 179 g/mol. The highest BCUT2D eigenvalue weighted by Gasteiger charge is 2.19. The number of fused-ring (bicyclic) bond motifs is 1. The van der Waals surface area contributed by atoms with Crippen molar-refractivity contribution in [1.29, 1.82) is 0 Å². The second-order valence-corrected chi connectivity index (χ2v) is 3.66. The van der Waals surface area contributed by atoms with E-state index in [9.17, 15) is 4.79 Å². The molecule has 70 valence electrons. The van der Waals surface area contributed by atoms with Crippen LogP contribution in [0.25, 0.3) is 0 Å². The maximum atomic E-state index is 11.0. The normalized spacial score (nSPS) is 15.8. The number of hydrogen-bond donors (Lipinski definition) is 2. The Morgan fingerprint density at radius 3 is 2.92 bits per heavy atom. The first-order chi connectivity index (χ1) is 6.16. The molecule has 0 spiro atoms. The molecule has 0 radical (unpaired) electrons. The van der Waals surface area contributed by atoms with E-state index in [4.69, 9.17) is 0 Å². The van der Waals surface area contributed by atoms with Gasteiger partial charge < -0.3 is 10.3 Å². The smallest absolute Gasteiger partial charge is 0.226 e. The fourth-order valence-electron chi connectivity index (χ4n) is 1.44. The molecule has 1 amide bonds. The van der Waals surface area contributed by atoms with Crippen molar-refractivity contribution in [3.63, 3.8) is 0 Å².